The van der Waals surface area contributed by atoms with Crippen LogP contribution in [0.25, 0.3) is 11.2 Å². The van der Waals surface area contributed by atoms with Crippen LogP contribution >= 0.6 is 25.8 Å². The van der Waals surface area contributed by atoms with Gasteiger partial charge in [-0.3, -0.25) is 22.9 Å². The second kappa shape index (κ2) is 11.2. The number of hydrogen-bond donors (Lipinski definition) is 5. The van der Waals surface area contributed by atoms with Crippen LogP contribution in [0.3, 0.4) is 0 Å². The molecule has 5 N–H and O–H groups in total. The maximum absolute atomic E-state index is 16.0. The summed E-state index contributed by atoms with van der Waals surface area (Å²) in [6.45, 7) is -10.1. The van der Waals surface area contributed by atoms with Crippen LogP contribution < -0.4 is 21.5 Å². The van der Waals surface area contributed by atoms with Crippen LogP contribution in [0.5, 0.6) is 0 Å². The summed E-state index contributed by atoms with van der Waals surface area (Å²) in [6.07, 6.45) is -9.31. The van der Waals surface area contributed by atoms with Crippen molar-refractivity contribution in [3.63, 3.8) is 0 Å². The predicted molar refractivity (Wildman–Crippen MR) is 153 cm³/mol. The van der Waals surface area contributed by atoms with Crippen LogP contribution in [-0.4, -0.2) is 97.2 Å². The number of nitrogens with two attached hydrogens (primary N) is 1. The van der Waals surface area contributed by atoms with Crippen LogP contribution in [-0.2, 0) is 43.9 Å². The summed E-state index contributed by atoms with van der Waals surface area (Å²) in [6, 6.07) is 0. The number of aromatic amines is 1. The molecule has 7 rings (SSSR count). The highest BCUT2D eigenvalue weighted by Gasteiger charge is 2.55. The normalized spacial score (nSPS) is 39.2. The first-order chi connectivity index (χ1) is 20.9. The Morgan fingerprint density at radius 1 is 1.07 bits per heavy atom. The van der Waals surface area contributed by atoms with E-state index in [9.17, 15) is 14.3 Å². The van der Waals surface area contributed by atoms with Crippen molar-refractivity contribution in [3.8, 4) is 0 Å². The van der Waals surface area contributed by atoms with Gasteiger partial charge in [-0.1, -0.05) is 12.2 Å². The number of rotatable bonds is 2. The predicted octanol–water partition coefficient (Wildman–Crippen LogP) is 0.752. The molecule has 2 unspecified atom stereocenters. The number of nitrogens with zero attached hydrogens (tertiary/aromatic N) is 6. The molecule has 0 spiro atoms. The minimum atomic E-state index is -4.42. The minimum absolute atomic E-state index is 0.0417. The van der Waals surface area contributed by atoms with Gasteiger partial charge < -0.3 is 39.8 Å². The number of H-pyrrole nitrogens is 1. The largest absolute Gasteiger partial charge is 0.386 e. The zero-order valence-electron chi connectivity index (χ0n) is 22.0. The molecular formula is C20H23F2N9O9P2S2. The highest BCUT2D eigenvalue weighted by Crippen LogP contribution is 2.58. The third-order valence-electron chi connectivity index (χ3n) is 7.34. The standard InChI is InChI=1S/C20H23F2N9O9P2S2/c21-9-7-1-35-41(33,43)39-13-8(38-19(10(13)22)30-5-28-11-15(23)24-3-25-16(11)30)2-36-42(34,44)40-14(9)20(37-7)31-6-29-12-17(31)26-4-27-18(12)32/h3-5,7-10,13-14,19-20,29H,1-2,6H2,(H,33,43)(H,34,44)(H2,23,24,25)(H,26,27,32)/t7-,8-,9+,10-,13-,14-,19-,20-,41?,42?/m1/s1. The lowest BCUT2D eigenvalue weighted by molar-refractivity contribution is -0.0472. The maximum atomic E-state index is 16.0. The molecular weight excluding hydrogens is 674 g/mol. The lowest BCUT2D eigenvalue weighted by Crippen LogP contribution is -2.45. The molecule has 2 bridgehead atoms. The fourth-order valence-electron chi connectivity index (χ4n) is 5.35. The first-order valence-electron chi connectivity index (χ1n) is 12.8. The fourth-order valence-corrected chi connectivity index (χ4v) is 8.24. The van der Waals surface area contributed by atoms with Gasteiger partial charge in [0.1, 0.15) is 41.9 Å². The molecule has 4 aliphatic rings. The molecule has 4 aliphatic heterocycles. The van der Waals surface area contributed by atoms with Gasteiger partial charge in [-0.25, -0.2) is 33.3 Å². The van der Waals surface area contributed by atoms with Gasteiger partial charge in [0.25, 0.3) is 5.56 Å². The Labute approximate surface area is 255 Å². The van der Waals surface area contributed by atoms with Crippen molar-refractivity contribution >= 4 is 66.1 Å². The van der Waals surface area contributed by atoms with E-state index in [4.69, 9.17) is 45.1 Å². The molecule has 238 valence electrons. The Morgan fingerprint density at radius 3 is 2.66 bits per heavy atom. The number of nitrogens with one attached hydrogen (secondary N) is 2. The van der Waals surface area contributed by atoms with Crippen LogP contribution in [0.15, 0.2) is 23.8 Å². The number of aromatic nitrogens is 6. The van der Waals surface area contributed by atoms with Gasteiger partial charge in [0.15, 0.2) is 42.1 Å². The SMILES string of the molecule is Nc1ncnc2c1ncn2[C@@H]1O[C@@H]2COP(O)(=S)O[C@@H]3[C@@H](F)[C@@H](COP(=O)(S)O[C@H]2[C@H]1F)O[C@H]3N1CNc2c1nc[nH]c2=O. The van der Waals surface area contributed by atoms with Crippen LogP contribution in [0.4, 0.5) is 26.1 Å². The molecule has 44 heavy (non-hydrogen) atoms. The summed E-state index contributed by atoms with van der Waals surface area (Å²) in [7, 11) is 0. The van der Waals surface area contributed by atoms with Gasteiger partial charge in [0, 0.05) is 0 Å². The third-order valence-corrected chi connectivity index (χ3v) is 10.5. The molecule has 0 saturated carbocycles. The average molecular weight is 698 g/mol. The number of hydrogen-bond acceptors (Lipinski definition) is 16. The number of alkyl halides is 2. The van der Waals surface area contributed by atoms with E-state index < -0.39 is 81.5 Å². The molecule has 3 fully saturated rings. The van der Waals surface area contributed by atoms with E-state index in [0.717, 1.165) is 12.7 Å². The van der Waals surface area contributed by atoms with Crippen molar-refractivity contribution in [3.05, 3.63) is 29.3 Å². The molecule has 24 heteroatoms. The molecule has 10 atom stereocenters. The average Bonchev–Trinajstić information content (AvgIpc) is 3.73. The van der Waals surface area contributed by atoms with E-state index in [2.05, 4.69) is 42.5 Å². The lowest BCUT2D eigenvalue weighted by Gasteiger charge is -2.31. The maximum Gasteiger partial charge on any atom is 0.386 e. The topological polar surface area (TPSA) is 223 Å². The fraction of sp³-hybridized carbons (Fsp3) is 0.550. The highest BCUT2D eigenvalue weighted by molar-refractivity contribution is 8.44. The summed E-state index contributed by atoms with van der Waals surface area (Å²) >= 11 is 9.15. The molecule has 0 radical (unpaired) electrons. The minimum Gasteiger partial charge on any atom is -0.382 e. The number of imidazole rings is 1. The number of thiol groups is 1. The quantitative estimate of drug-likeness (QED) is 0.184. The van der Waals surface area contributed by atoms with Gasteiger partial charge >= 0.3 is 13.5 Å². The van der Waals surface area contributed by atoms with E-state index in [1.807, 2.05) is 0 Å². The molecule has 3 aromatic rings. The van der Waals surface area contributed by atoms with Gasteiger partial charge in [0.05, 0.1) is 32.5 Å². The van der Waals surface area contributed by atoms with E-state index in [0.29, 0.717) is 0 Å². The number of anilines is 3. The van der Waals surface area contributed by atoms with E-state index in [-0.39, 0.29) is 35.2 Å². The van der Waals surface area contributed by atoms with Crippen LogP contribution in [0, 0.1) is 0 Å². The smallest absolute Gasteiger partial charge is 0.382 e. The van der Waals surface area contributed by atoms with Crippen molar-refractivity contribution in [2.24, 2.45) is 0 Å². The second-order valence-electron chi connectivity index (χ2n) is 10.0. The third kappa shape index (κ3) is 5.30. The summed E-state index contributed by atoms with van der Waals surface area (Å²) in [5, 5.41) is 2.84. The van der Waals surface area contributed by atoms with Crippen molar-refractivity contribution < 1.29 is 45.8 Å². The van der Waals surface area contributed by atoms with Crippen LogP contribution in [0.2, 0.25) is 0 Å². The highest BCUT2D eigenvalue weighted by atomic mass is 32.7. The molecule has 0 aliphatic carbocycles. The molecule has 3 saturated heterocycles. The van der Waals surface area contributed by atoms with Gasteiger partial charge in [-0.2, -0.15) is 0 Å². The van der Waals surface area contributed by atoms with Gasteiger partial charge in [-0.05, 0) is 11.8 Å². The monoisotopic (exact) mass is 697 g/mol. The second-order valence-corrected chi connectivity index (χ2v) is 15.7. The number of fused-ring (bicyclic) bond motifs is 5. The number of halogens is 2. The zero-order valence-corrected chi connectivity index (χ0v) is 25.5. The molecule has 7 heterocycles. The number of nitrogen functional groups attached to an aromatic ring is 1. The zero-order chi connectivity index (χ0) is 31.0. The summed E-state index contributed by atoms with van der Waals surface area (Å²) < 4.78 is 79.9. The summed E-state index contributed by atoms with van der Waals surface area (Å²) in [5.41, 5.74) is 5.79. The number of ether oxygens (including phenoxy) is 2. The van der Waals surface area contributed by atoms with Crippen LogP contribution in [0.1, 0.15) is 6.23 Å². The van der Waals surface area contributed by atoms with E-state index in [1.54, 1.807) is 0 Å². The first-order valence-corrected chi connectivity index (χ1v) is 18.1. The Hall–Kier alpha value is -2.36. The van der Waals surface area contributed by atoms with Crippen molar-refractivity contribution in [2.75, 3.05) is 35.8 Å². The van der Waals surface area contributed by atoms with Gasteiger partial charge in [-0.15, -0.1) is 0 Å². The Balaban J connectivity index is 1.18. The Kier molecular flexibility index (Phi) is 7.69. The molecule has 18 nitrogen and oxygen atoms in total. The van der Waals surface area contributed by atoms with Crippen molar-refractivity contribution in [1.82, 2.24) is 29.5 Å². The Bertz CT molecular complexity index is 1760. The van der Waals surface area contributed by atoms with Crippen molar-refractivity contribution in [2.45, 2.75) is 49.2 Å². The first kappa shape index (κ1) is 30.3. The molecule has 0 aromatic carbocycles. The lowest BCUT2D eigenvalue weighted by atomic mass is 10.1. The molecule has 0 amide bonds. The van der Waals surface area contributed by atoms with Gasteiger partial charge in [0.2, 0.25) is 0 Å². The Morgan fingerprint density at radius 2 is 1.84 bits per heavy atom. The molecule has 3 aromatic heterocycles. The summed E-state index contributed by atoms with van der Waals surface area (Å²) in [4.78, 5) is 43.2. The van der Waals surface area contributed by atoms with Crippen molar-refractivity contribution in [1.29, 1.82) is 0 Å². The van der Waals surface area contributed by atoms with E-state index in [1.165, 1.54) is 15.8 Å². The van der Waals surface area contributed by atoms with E-state index >= 15 is 8.78 Å². The summed E-state index contributed by atoms with van der Waals surface area (Å²) in [5.74, 6) is 0.173.